The third-order valence-corrected chi connectivity index (χ3v) is 7.51. The van der Waals surface area contributed by atoms with Gasteiger partial charge < -0.3 is 10.3 Å². The van der Waals surface area contributed by atoms with E-state index in [0.717, 1.165) is 39.3 Å². The maximum atomic E-state index is 12.8. The monoisotopic (exact) mass is 495 g/mol. The van der Waals surface area contributed by atoms with Crippen molar-refractivity contribution in [3.05, 3.63) is 94.7 Å². The molecule has 0 aliphatic carbocycles. The van der Waals surface area contributed by atoms with E-state index in [0.29, 0.717) is 11.7 Å². The Hall–Kier alpha value is -3.84. The first-order valence-corrected chi connectivity index (χ1v) is 12.9. The summed E-state index contributed by atoms with van der Waals surface area (Å²) in [5.41, 5.74) is 8.63. The van der Waals surface area contributed by atoms with Crippen molar-refractivity contribution in [2.45, 2.75) is 39.4 Å². The molecule has 7 heteroatoms. The fraction of sp³-hybridized carbons (Fsp3) is 0.207. The van der Waals surface area contributed by atoms with Crippen LogP contribution in [0, 0.1) is 27.7 Å². The molecule has 2 N–H and O–H groups in total. The molecular formula is C29H29N5OS. The number of hydrogen-bond donors (Lipinski definition) is 2. The Labute approximate surface area is 215 Å². The van der Waals surface area contributed by atoms with E-state index in [4.69, 9.17) is 0 Å². The number of carbonyl (C=O) groups is 1. The summed E-state index contributed by atoms with van der Waals surface area (Å²) in [7, 11) is 0. The number of nitrogens with one attached hydrogen (secondary N) is 2. The molecule has 5 rings (SSSR count). The Balaban J connectivity index is 1.44. The van der Waals surface area contributed by atoms with Crippen LogP contribution in [0.15, 0.2) is 71.9 Å². The SMILES string of the molecule is Cc1cccc(C)c1NC(=O)CSc1nnc(-c2ccc3[nH]c(C)c(C)c3c2)n1Cc1ccccc1. The molecule has 0 radical (unpaired) electrons. The number of anilines is 1. The van der Waals surface area contributed by atoms with Crippen molar-refractivity contribution < 1.29 is 4.79 Å². The third kappa shape index (κ3) is 4.79. The third-order valence-electron chi connectivity index (χ3n) is 6.54. The van der Waals surface area contributed by atoms with Gasteiger partial charge in [0.2, 0.25) is 5.91 Å². The molecule has 2 aromatic heterocycles. The Bertz CT molecular complexity index is 1530. The maximum absolute atomic E-state index is 12.8. The Morgan fingerprint density at radius 1 is 0.944 bits per heavy atom. The number of aryl methyl sites for hydroxylation is 4. The molecule has 182 valence electrons. The summed E-state index contributed by atoms with van der Waals surface area (Å²) in [4.78, 5) is 16.3. The highest BCUT2D eigenvalue weighted by Crippen LogP contribution is 2.30. The summed E-state index contributed by atoms with van der Waals surface area (Å²) in [5, 5.41) is 14.0. The second-order valence-electron chi connectivity index (χ2n) is 9.12. The normalized spacial score (nSPS) is 11.2. The highest BCUT2D eigenvalue weighted by Gasteiger charge is 2.18. The second kappa shape index (κ2) is 10.0. The minimum atomic E-state index is -0.0620. The number of aromatic nitrogens is 4. The number of aromatic amines is 1. The number of hydrogen-bond acceptors (Lipinski definition) is 4. The molecule has 0 fully saturated rings. The van der Waals surface area contributed by atoms with Gasteiger partial charge in [0.05, 0.1) is 12.3 Å². The van der Waals surface area contributed by atoms with Crippen LogP contribution < -0.4 is 5.32 Å². The first-order chi connectivity index (χ1) is 17.4. The summed E-state index contributed by atoms with van der Waals surface area (Å²) in [6.07, 6.45) is 0. The average molecular weight is 496 g/mol. The van der Waals surface area contributed by atoms with Gasteiger partial charge in [-0.2, -0.15) is 0 Å². The molecule has 6 nitrogen and oxygen atoms in total. The summed E-state index contributed by atoms with van der Waals surface area (Å²) in [6.45, 7) is 8.84. The lowest BCUT2D eigenvalue weighted by molar-refractivity contribution is -0.113. The van der Waals surface area contributed by atoms with Crippen molar-refractivity contribution in [2.24, 2.45) is 0 Å². The van der Waals surface area contributed by atoms with E-state index in [1.54, 1.807) is 0 Å². The van der Waals surface area contributed by atoms with Crippen LogP contribution in [0.5, 0.6) is 0 Å². The van der Waals surface area contributed by atoms with Crippen LogP contribution in [0.4, 0.5) is 5.69 Å². The number of fused-ring (bicyclic) bond motifs is 1. The molecule has 36 heavy (non-hydrogen) atoms. The van der Waals surface area contributed by atoms with Crippen molar-refractivity contribution in [2.75, 3.05) is 11.1 Å². The van der Waals surface area contributed by atoms with Crippen molar-refractivity contribution in [1.82, 2.24) is 19.7 Å². The summed E-state index contributed by atoms with van der Waals surface area (Å²) < 4.78 is 2.10. The smallest absolute Gasteiger partial charge is 0.234 e. The minimum Gasteiger partial charge on any atom is -0.358 e. The van der Waals surface area contributed by atoms with Gasteiger partial charge >= 0.3 is 0 Å². The number of para-hydroxylation sites is 1. The first kappa shape index (κ1) is 23.9. The van der Waals surface area contributed by atoms with Gasteiger partial charge in [-0.3, -0.25) is 9.36 Å². The van der Waals surface area contributed by atoms with Gasteiger partial charge in [-0.1, -0.05) is 60.3 Å². The fourth-order valence-corrected chi connectivity index (χ4v) is 5.17. The van der Waals surface area contributed by atoms with Crippen LogP contribution in [0.1, 0.15) is 27.9 Å². The lowest BCUT2D eigenvalue weighted by Crippen LogP contribution is -2.16. The number of thioether (sulfide) groups is 1. The average Bonchev–Trinajstić information content (AvgIpc) is 3.40. The number of rotatable bonds is 7. The van der Waals surface area contributed by atoms with E-state index < -0.39 is 0 Å². The standard InChI is InChI=1S/C29H29N5OS/c1-18-9-8-10-19(2)27(18)31-26(35)17-36-29-33-32-28(34(29)16-22-11-6-5-7-12-22)23-13-14-25-24(15-23)20(3)21(4)30-25/h5-15,30H,16-17H2,1-4H3,(H,31,35). The summed E-state index contributed by atoms with van der Waals surface area (Å²) in [6, 6.07) is 22.6. The van der Waals surface area contributed by atoms with E-state index in [-0.39, 0.29) is 11.7 Å². The molecule has 1 amide bonds. The molecule has 0 saturated carbocycles. The van der Waals surface area contributed by atoms with Crippen LogP contribution in [0.2, 0.25) is 0 Å². The van der Waals surface area contributed by atoms with Crippen LogP contribution in [-0.2, 0) is 11.3 Å². The van der Waals surface area contributed by atoms with Crippen LogP contribution >= 0.6 is 11.8 Å². The lowest BCUT2D eigenvalue weighted by Gasteiger charge is -2.12. The largest absolute Gasteiger partial charge is 0.358 e. The van der Waals surface area contributed by atoms with E-state index in [1.165, 1.54) is 28.4 Å². The second-order valence-corrected chi connectivity index (χ2v) is 10.1. The zero-order chi connectivity index (χ0) is 25.2. The zero-order valence-electron chi connectivity index (χ0n) is 20.9. The van der Waals surface area contributed by atoms with Crippen LogP contribution in [0.3, 0.4) is 0 Å². The molecule has 0 unspecified atom stereocenters. The lowest BCUT2D eigenvalue weighted by atomic mass is 10.1. The molecule has 0 saturated heterocycles. The van der Waals surface area contributed by atoms with Crippen molar-refractivity contribution >= 4 is 34.3 Å². The molecule has 2 heterocycles. The molecule has 0 atom stereocenters. The predicted octanol–water partition coefficient (Wildman–Crippen LogP) is 6.44. The Morgan fingerprint density at radius 2 is 1.69 bits per heavy atom. The summed E-state index contributed by atoms with van der Waals surface area (Å²) >= 11 is 1.40. The zero-order valence-corrected chi connectivity index (χ0v) is 21.7. The van der Waals surface area contributed by atoms with Gasteiger partial charge in [-0.05, 0) is 68.1 Å². The Morgan fingerprint density at radius 3 is 2.44 bits per heavy atom. The fourth-order valence-electron chi connectivity index (χ4n) is 4.44. The number of nitrogens with zero attached hydrogens (tertiary/aromatic N) is 3. The van der Waals surface area contributed by atoms with Crippen molar-refractivity contribution in [1.29, 1.82) is 0 Å². The maximum Gasteiger partial charge on any atom is 0.234 e. The number of benzene rings is 3. The van der Waals surface area contributed by atoms with Gasteiger partial charge in [0.1, 0.15) is 0 Å². The molecule has 3 aromatic carbocycles. The number of carbonyl (C=O) groups excluding carboxylic acids is 1. The quantitative estimate of drug-likeness (QED) is 0.255. The Kier molecular flexibility index (Phi) is 6.65. The van der Waals surface area contributed by atoms with Crippen LogP contribution in [-0.4, -0.2) is 31.4 Å². The van der Waals surface area contributed by atoms with E-state index >= 15 is 0 Å². The van der Waals surface area contributed by atoms with Crippen molar-refractivity contribution in [3.8, 4) is 11.4 Å². The van der Waals surface area contributed by atoms with Gasteiger partial charge in [0.25, 0.3) is 0 Å². The molecule has 0 aliphatic heterocycles. The topological polar surface area (TPSA) is 75.6 Å². The number of H-pyrrole nitrogens is 1. The molecule has 0 bridgehead atoms. The highest BCUT2D eigenvalue weighted by molar-refractivity contribution is 7.99. The van der Waals surface area contributed by atoms with Gasteiger partial charge in [0.15, 0.2) is 11.0 Å². The van der Waals surface area contributed by atoms with E-state index in [1.807, 2.05) is 50.2 Å². The molecule has 0 aliphatic rings. The predicted molar refractivity (Wildman–Crippen MR) is 148 cm³/mol. The van der Waals surface area contributed by atoms with Crippen LogP contribution in [0.25, 0.3) is 22.3 Å². The van der Waals surface area contributed by atoms with Gasteiger partial charge in [-0.15, -0.1) is 10.2 Å². The molecule has 5 aromatic rings. The highest BCUT2D eigenvalue weighted by atomic mass is 32.2. The van der Waals surface area contributed by atoms with Crippen molar-refractivity contribution in [3.63, 3.8) is 0 Å². The summed E-state index contributed by atoms with van der Waals surface area (Å²) in [5.74, 6) is 0.972. The minimum absolute atomic E-state index is 0.0620. The van der Waals surface area contributed by atoms with Gasteiger partial charge in [0, 0.05) is 27.8 Å². The number of amides is 1. The van der Waals surface area contributed by atoms with E-state index in [2.05, 4.69) is 69.2 Å². The molecular weight excluding hydrogens is 466 g/mol. The molecule has 0 spiro atoms. The van der Waals surface area contributed by atoms with Gasteiger partial charge in [-0.25, -0.2) is 0 Å². The first-order valence-electron chi connectivity index (χ1n) is 12.0. The van der Waals surface area contributed by atoms with E-state index in [9.17, 15) is 4.79 Å².